The maximum Gasteiger partial charge on any atom is 0.271 e. The first-order valence-corrected chi connectivity index (χ1v) is 7.36. The van der Waals surface area contributed by atoms with Crippen molar-refractivity contribution in [3.63, 3.8) is 0 Å². The number of nitrogens with two attached hydrogens (primary N) is 1. The van der Waals surface area contributed by atoms with Crippen LogP contribution in [0.1, 0.15) is 43.1 Å². The first-order valence-electron chi connectivity index (χ1n) is 7.36. The number of aromatic amines is 1. The van der Waals surface area contributed by atoms with Gasteiger partial charge < -0.3 is 20.5 Å². The molecule has 1 atom stereocenters. The number of rotatable bonds is 1. The number of hydrogen-bond donors (Lipinski definition) is 3. The van der Waals surface area contributed by atoms with Crippen LogP contribution in [0.3, 0.4) is 0 Å². The summed E-state index contributed by atoms with van der Waals surface area (Å²) < 4.78 is 5.94. The van der Waals surface area contributed by atoms with Crippen LogP contribution in [-0.2, 0) is 4.74 Å². The molecule has 116 valence electrons. The van der Waals surface area contributed by atoms with Crippen molar-refractivity contribution in [3.8, 4) is 0 Å². The summed E-state index contributed by atoms with van der Waals surface area (Å²) in [5, 5.41) is 16.7. The number of piperidine rings is 1. The van der Waals surface area contributed by atoms with E-state index in [0.717, 1.165) is 12.8 Å². The Bertz CT molecular complexity index is 532. The summed E-state index contributed by atoms with van der Waals surface area (Å²) >= 11 is 0. The molecule has 1 amide bonds. The fourth-order valence-corrected chi connectivity index (χ4v) is 3.38. The van der Waals surface area contributed by atoms with Gasteiger partial charge >= 0.3 is 0 Å². The standard InChI is InChI=1S/C14H22N4O3/c1-13(20)4-7-21-14(9-13)2-5-18(6-3-14)12(19)10-8-11(15)17-16-10/h8,20H,2-7,9H2,1H3,(H3,15,16,17). The molecule has 1 spiro atoms. The Kier molecular flexibility index (Phi) is 3.41. The molecule has 1 aromatic rings. The predicted molar refractivity (Wildman–Crippen MR) is 76.7 cm³/mol. The lowest BCUT2D eigenvalue weighted by atomic mass is 9.78. The Morgan fingerprint density at radius 1 is 1.48 bits per heavy atom. The lowest BCUT2D eigenvalue weighted by Gasteiger charge is -2.48. The van der Waals surface area contributed by atoms with Gasteiger partial charge in [-0.25, -0.2) is 0 Å². The molecule has 2 fully saturated rings. The van der Waals surface area contributed by atoms with Gasteiger partial charge in [0.1, 0.15) is 11.5 Å². The van der Waals surface area contributed by atoms with Crippen molar-refractivity contribution in [2.24, 2.45) is 0 Å². The molecular formula is C14H22N4O3. The number of nitrogen functional groups attached to an aromatic ring is 1. The van der Waals surface area contributed by atoms with E-state index in [0.29, 0.717) is 44.0 Å². The summed E-state index contributed by atoms with van der Waals surface area (Å²) in [4.78, 5) is 14.1. The first kappa shape index (κ1) is 14.3. The van der Waals surface area contributed by atoms with Gasteiger partial charge in [0.2, 0.25) is 0 Å². The average Bonchev–Trinajstić information content (AvgIpc) is 2.84. The normalized spacial score (nSPS) is 28.8. The molecule has 1 aromatic heterocycles. The van der Waals surface area contributed by atoms with Crippen molar-refractivity contribution >= 4 is 11.7 Å². The summed E-state index contributed by atoms with van der Waals surface area (Å²) in [5.74, 6) is 0.232. The smallest absolute Gasteiger partial charge is 0.271 e. The lowest BCUT2D eigenvalue weighted by molar-refractivity contribution is -0.170. The van der Waals surface area contributed by atoms with Crippen LogP contribution in [-0.4, -0.2) is 57.0 Å². The summed E-state index contributed by atoms with van der Waals surface area (Å²) in [6.45, 7) is 3.68. The second-order valence-corrected chi connectivity index (χ2v) is 6.45. The summed E-state index contributed by atoms with van der Waals surface area (Å²) in [6, 6.07) is 1.55. The molecule has 21 heavy (non-hydrogen) atoms. The largest absolute Gasteiger partial charge is 0.390 e. The molecule has 0 bridgehead atoms. The number of nitrogens with zero attached hydrogens (tertiary/aromatic N) is 2. The van der Waals surface area contributed by atoms with Crippen molar-refractivity contribution < 1.29 is 14.6 Å². The van der Waals surface area contributed by atoms with Crippen LogP contribution in [0.5, 0.6) is 0 Å². The minimum absolute atomic E-state index is 0.0865. The molecular weight excluding hydrogens is 272 g/mol. The molecule has 4 N–H and O–H groups in total. The molecule has 2 aliphatic rings. The third-order valence-electron chi connectivity index (χ3n) is 4.54. The summed E-state index contributed by atoms with van der Waals surface area (Å²) in [5.41, 5.74) is 4.99. The number of aliphatic hydroxyl groups is 1. The number of ether oxygens (including phenoxy) is 1. The maximum absolute atomic E-state index is 12.3. The Morgan fingerprint density at radius 2 is 2.19 bits per heavy atom. The SMILES string of the molecule is CC1(O)CCOC2(CCN(C(=O)c3cc(N)n[nH]3)CC2)C1. The summed E-state index contributed by atoms with van der Waals surface area (Å²) in [7, 11) is 0. The number of carbonyl (C=O) groups is 1. The Morgan fingerprint density at radius 3 is 2.76 bits per heavy atom. The highest BCUT2D eigenvalue weighted by atomic mass is 16.5. The molecule has 0 aliphatic carbocycles. The van der Waals surface area contributed by atoms with E-state index in [9.17, 15) is 9.90 Å². The molecule has 3 rings (SSSR count). The van der Waals surface area contributed by atoms with Gasteiger partial charge in [-0.05, 0) is 26.2 Å². The Hall–Kier alpha value is -1.60. The third kappa shape index (κ3) is 2.89. The van der Waals surface area contributed by atoms with Crippen LogP contribution in [0.15, 0.2) is 6.07 Å². The van der Waals surface area contributed by atoms with Gasteiger partial charge in [0.05, 0.1) is 17.8 Å². The number of H-pyrrole nitrogens is 1. The number of likely N-dealkylation sites (tertiary alicyclic amines) is 1. The van der Waals surface area contributed by atoms with Gasteiger partial charge in [-0.3, -0.25) is 9.89 Å². The fraction of sp³-hybridized carbons (Fsp3) is 0.714. The van der Waals surface area contributed by atoms with Crippen LogP contribution in [0.4, 0.5) is 5.82 Å². The van der Waals surface area contributed by atoms with E-state index in [4.69, 9.17) is 10.5 Å². The van der Waals surface area contributed by atoms with E-state index < -0.39 is 5.60 Å². The van der Waals surface area contributed by atoms with Gasteiger partial charge in [-0.2, -0.15) is 5.10 Å². The zero-order valence-corrected chi connectivity index (χ0v) is 12.3. The average molecular weight is 294 g/mol. The van der Waals surface area contributed by atoms with Crippen molar-refractivity contribution in [1.82, 2.24) is 15.1 Å². The van der Waals surface area contributed by atoms with Gasteiger partial charge in [-0.15, -0.1) is 0 Å². The highest BCUT2D eigenvalue weighted by Crippen LogP contribution is 2.39. The zero-order valence-electron chi connectivity index (χ0n) is 12.3. The van der Waals surface area contributed by atoms with Crippen LogP contribution in [0.25, 0.3) is 0 Å². The van der Waals surface area contributed by atoms with Crippen molar-refractivity contribution in [1.29, 1.82) is 0 Å². The minimum atomic E-state index is -0.664. The van der Waals surface area contributed by atoms with Crippen LogP contribution < -0.4 is 5.73 Å². The van der Waals surface area contributed by atoms with Crippen LogP contribution in [0, 0.1) is 0 Å². The van der Waals surface area contributed by atoms with E-state index in [2.05, 4.69) is 10.2 Å². The second-order valence-electron chi connectivity index (χ2n) is 6.45. The maximum atomic E-state index is 12.3. The highest BCUT2D eigenvalue weighted by Gasteiger charge is 2.45. The molecule has 2 saturated heterocycles. The van der Waals surface area contributed by atoms with E-state index in [-0.39, 0.29) is 11.5 Å². The molecule has 2 aliphatic heterocycles. The highest BCUT2D eigenvalue weighted by molar-refractivity contribution is 5.93. The zero-order chi connectivity index (χ0) is 15.1. The van der Waals surface area contributed by atoms with Crippen molar-refractivity contribution in [3.05, 3.63) is 11.8 Å². The van der Waals surface area contributed by atoms with Crippen LogP contribution in [0.2, 0.25) is 0 Å². The third-order valence-corrected chi connectivity index (χ3v) is 4.54. The molecule has 0 aromatic carbocycles. The van der Waals surface area contributed by atoms with Crippen LogP contribution >= 0.6 is 0 Å². The number of amides is 1. The second kappa shape index (κ2) is 4.99. The number of nitrogens with one attached hydrogen (secondary N) is 1. The van der Waals surface area contributed by atoms with Gasteiger partial charge in [0.15, 0.2) is 0 Å². The summed E-state index contributed by atoms with van der Waals surface area (Å²) in [6.07, 6.45) is 2.81. The molecule has 7 nitrogen and oxygen atoms in total. The van der Waals surface area contributed by atoms with Crippen molar-refractivity contribution in [2.45, 2.75) is 43.8 Å². The van der Waals surface area contributed by atoms with E-state index >= 15 is 0 Å². The van der Waals surface area contributed by atoms with Gasteiger partial charge in [-0.1, -0.05) is 0 Å². The molecule has 0 radical (unpaired) electrons. The van der Waals surface area contributed by atoms with Gasteiger partial charge in [0, 0.05) is 25.6 Å². The number of hydrogen-bond acceptors (Lipinski definition) is 5. The minimum Gasteiger partial charge on any atom is -0.390 e. The molecule has 3 heterocycles. The first-order chi connectivity index (χ1) is 9.89. The predicted octanol–water partition coefficient (Wildman–Crippen LogP) is 0.528. The number of anilines is 1. The Labute approximate surface area is 123 Å². The molecule has 0 saturated carbocycles. The van der Waals surface area contributed by atoms with Crippen molar-refractivity contribution in [2.75, 3.05) is 25.4 Å². The van der Waals surface area contributed by atoms with E-state index in [1.165, 1.54) is 0 Å². The molecule has 7 heteroatoms. The Balaban J connectivity index is 1.64. The number of carbonyl (C=O) groups excluding carboxylic acids is 1. The van der Waals surface area contributed by atoms with E-state index in [1.54, 1.807) is 11.0 Å². The quantitative estimate of drug-likeness (QED) is 0.700. The lowest BCUT2D eigenvalue weighted by Crippen LogP contribution is -2.54. The van der Waals surface area contributed by atoms with Gasteiger partial charge in [0.25, 0.3) is 5.91 Å². The van der Waals surface area contributed by atoms with E-state index in [1.807, 2.05) is 6.92 Å². The fourth-order valence-electron chi connectivity index (χ4n) is 3.38. The topological polar surface area (TPSA) is 104 Å². The monoisotopic (exact) mass is 294 g/mol. The number of aromatic nitrogens is 2. The molecule has 1 unspecified atom stereocenters.